The number of nitrogens with one attached hydrogen (secondary N) is 1. The SMILES string of the molecule is COCCN(CC(=O)Nc1nc(-c2ccc(OC)cc2)cn1-c1ccc(C)cc1)C(=O)C1CCCC1. The molecule has 1 N–H and O–H groups in total. The first-order valence-corrected chi connectivity index (χ1v) is 12.4. The second-order valence-corrected chi connectivity index (χ2v) is 9.17. The highest BCUT2D eigenvalue weighted by molar-refractivity contribution is 5.94. The van der Waals surface area contributed by atoms with Gasteiger partial charge < -0.3 is 14.4 Å². The van der Waals surface area contributed by atoms with Crippen LogP contribution in [0.4, 0.5) is 5.95 Å². The second-order valence-electron chi connectivity index (χ2n) is 9.17. The first-order chi connectivity index (χ1) is 17.5. The lowest BCUT2D eigenvalue weighted by atomic mass is 10.1. The van der Waals surface area contributed by atoms with Crippen molar-refractivity contribution >= 4 is 17.8 Å². The summed E-state index contributed by atoms with van der Waals surface area (Å²) in [6.07, 6.45) is 5.78. The summed E-state index contributed by atoms with van der Waals surface area (Å²) in [4.78, 5) is 32.6. The molecule has 8 heteroatoms. The van der Waals surface area contributed by atoms with Crippen molar-refractivity contribution in [2.45, 2.75) is 32.6 Å². The number of aryl methyl sites for hydroxylation is 1. The molecule has 1 heterocycles. The summed E-state index contributed by atoms with van der Waals surface area (Å²) in [7, 11) is 3.22. The van der Waals surface area contributed by atoms with Gasteiger partial charge in [-0.05, 0) is 56.2 Å². The van der Waals surface area contributed by atoms with Gasteiger partial charge in [-0.15, -0.1) is 0 Å². The molecule has 1 aromatic heterocycles. The lowest BCUT2D eigenvalue weighted by molar-refractivity contribution is -0.138. The largest absolute Gasteiger partial charge is 0.497 e. The Bertz CT molecular complexity index is 1170. The molecule has 1 aliphatic rings. The van der Waals surface area contributed by atoms with Crippen LogP contribution in [0.1, 0.15) is 31.2 Å². The first kappa shape index (κ1) is 25.4. The molecule has 8 nitrogen and oxygen atoms in total. The average Bonchev–Trinajstić information content (AvgIpc) is 3.57. The van der Waals surface area contributed by atoms with E-state index in [4.69, 9.17) is 14.5 Å². The lowest BCUT2D eigenvalue weighted by Gasteiger charge is -2.24. The molecule has 0 spiro atoms. The van der Waals surface area contributed by atoms with Crippen LogP contribution in [0.2, 0.25) is 0 Å². The molecule has 0 aliphatic heterocycles. The third-order valence-electron chi connectivity index (χ3n) is 6.57. The molecule has 0 atom stereocenters. The number of anilines is 1. The number of rotatable bonds is 10. The summed E-state index contributed by atoms with van der Waals surface area (Å²) in [5.41, 5.74) is 3.63. The highest BCUT2D eigenvalue weighted by Gasteiger charge is 2.28. The molecule has 0 unspecified atom stereocenters. The van der Waals surface area contributed by atoms with Crippen LogP contribution in [0.3, 0.4) is 0 Å². The number of amides is 2. The number of carbonyl (C=O) groups excluding carboxylic acids is 2. The molecule has 1 saturated carbocycles. The number of hydrogen-bond donors (Lipinski definition) is 1. The maximum atomic E-state index is 13.2. The van der Waals surface area contributed by atoms with Crippen molar-refractivity contribution in [3.05, 3.63) is 60.3 Å². The summed E-state index contributed by atoms with van der Waals surface area (Å²) in [5.74, 6) is 0.882. The van der Waals surface area contributed by atoms with Crippen LogP contribution in [-0.4, -0.2) is 60.2 Å². The molecule has 190 valence electrons. The highest BCUT2D eigenvalue weighted by Crippen LogP contribution is 2.28. The van der Waals surface area contributed by atoms with Crippen molar-refractivity contribution in [3.8, 4) is 22.7 Å². The molecular weight excluding hydrogens is 456 g/mol. The van der Waals surface area contributed by atoms with Crippen LogP contribution in [-0.2, 0) is 14.3 Å². The van der Waals surface area contributed by atoms with Crippen LogP contribution in [0.25, 0.3) is 16.9 Å². The van der Waals surface area contributed by atoms with Crippen LogP contribution in [0, 0.1) is 12.8 Å². The monoisotopic (exact) mass is 490 g/mol. The van der Waals surface area contributed by atoms with Crippen LogP contribution in [0.5, 0.6) is 5.75 Å². The number of ether oxygens (including phenoxy) is 2. The van der Waals surface area contributed by atoms with Gasteiger partial charge in [0, 0.05) is 37.0 Å². The molecule has 3 aromatic rings. The third-order valence-corrected chi connectivity index (χ3v) is 6.57. The summed E-state index contributed by atoms with van der Waals surface area (Å²) in [6.45, 7) is 2.74. The summed E-state index contributed by atoms with van der Waals surface area (Å²) < 4.78 is 12.3. The fourth-order valence-corrected chi connectivity index (χ4v) is 4.51. The fourth-order valence-electron chi connectivity index (χ4n) is 4.51. The Hall–Kier alpha value is -3.65. The Kier molecular flexibility index (Phi) is 8.38. The van der Waals surface area contributed by atoms with Gasteiger partial charge in [0.05, 0.1) is 19.4 Å². The average molecular weight is 491 g/mol. The van der Waals surface area contributed by atoms with Gasteiger partial charge in [0.15, 0.2) is 0 Å². The van der Waals surface area contributed by atoms with E-state index < -0.39 is 0 Å². The molecular formula is C28H34N4O4. The Morgan fingerprint density at radius 2 is 1.75 bits per heavy atom. The zero-order chi connectivity index (χ0) is 25.5. The second kappa shape index (κ2) is 11.9. The van der Waals surface area contributed by atoms with Gasteiger partial charge in [-0.25, -0.2) is 4.98 Å². The van der Waals surface area contributed by atoms with E-state index in [1.165, 1.54) is 0 Å². The van der Waals surface area contributed by atoms with Crippen LogP contribution in [0.15, 0.2) is 54.7 Å². The standard InChI is InChI=1S/C28H34N4O4/c1-20-8-12-23(13-9-20)32-18-25(21-10-14-24(36-3)15-11-21)29-28(32)30-26(33)19-31(16-17-35-2)27(34)22-6-4-5-7-22/h8-15,18,22H,4-7,16-17,19H2,1-3H3,(H,29,30,33). The first-order valence-electron chi connectivity index (χ1n) is 12.4. The molecule has 0 radical (unpaired) electrons. The number of nitrogens with zero attached hydrogens (tertiary/aromatic N) is 3. The van der Waals surface area contributed by atoms with Gasteiger partial charge in [0.2, 0.25) is 17.8 Å². The third kappa shape index (κ3) is 6.12. The fraction of sp³-hybridized carbons (Fsp3) is 0.393. The van der Waals surface area contributed by atoms with Crippen LogP contribution >= 0.6 is 0 Å². The predicted molar refractivity (Wildman–Crippen MR) is 139 cm³/mol. The van der Waals surface area contributed by atoms with Gasteiger partial charge in [-0.1, -0.05) is 30.5 Å². The molecule has 0 saturated heterocycles. The van der Waals surface area contributed by atoms with E-state index in [-0.39, 0.29) is 24.3 Å². The van der Waals surface area contributed by atoms with Crippen molar-refractivity contribution < 1.29 is 19.1 Å². The van der Waals surface area contributed by atoms with Crippen molar-refractivity contribution in [1.82, 2.24) is 14.5 Å². The summed E-state index contributed by atoms with van der Waals surface area (Å²) in [5, 5.41) is 2.94. The molecule has 4 rings (SSSR count). The van der Waals surface area contributed by atoms with Gasteiger partial charge in [-0.3, -0.25) is 19.5 Å². The number of aromatic nitrogens is 2. The zero-order valence-corrected chi connectivity index (χ0v) is 21.2. The molecule has 1 aliphatic carbocycles. The maximum Gasteiger partial charge on any atom is 0.246 e. The Morgan fingerprint density at radius 3 is 2.39 bits per heavy atom. The molecule has 0 bridgehead atoms. The normalized spacial score (nSPS) is 13.5. The van der Waals surface area contributed by atoms with E-state index in [2.05, 4.69) is 5.32 Å². The number of imidazole rings is 1. The van der Waals surface area contributed by atoms with Crippen molar-refractivity contribution in [2.75, 3.05) is 39.2 Å². The molecule has 36 heavy (non-hydrogen) atoms. The van der Waals surface area contributed by atoms with Crippen molar-refractivity contribution in [2.24, 2.45) is 5.92 Å². The van der Waals surface area contributed by atoms with Gasteiger partial charge in [0.25, 0.3) is 0 Å². The van der Waals surface area contributed by atoms with E-state index in [1.807, 2.05) is 66.2 Å². The van der Waals surface area contributed by atoms with Crippen LogP contribution < -0.4 is 10.1 Å². The molecule has 2 amide bonds. The quantitative estimate of drug-likeness (QED) is 0.454. The Morgan fingerprint density at radius 1 is 1.06 bits per heavy atom. The topological polar surface area (TPSA) is 85.7 Å². The highest BCUT2D eigenvalue weighted by atomic mass is 16.5. The zero-order valence-electron chi connectivity index (χ0n) is 21.2. The smallest absolute Gasteiger partial charge is 0.246 e. The van der Waals surface area contributed by atoms with E-state index in [0.717, 1.165) is 48.2 Å². The number of benzene rings is 2. The Balaban J connectivity index is 1.58. The van der Waals surface area contributed by atoms with E-state index in [9.17, 15) is 9.59 Å². The maximum absolute atomic E-state index is 13.2. The lowest BCUT2D eigenvalue weighted by Crippen LogP contribution is -2.42. The predicted octanol–water partition coefficient (Wildman–Crippen LogP) is 4.46. The van der Waals surface area contributed by atoms with Gasteiger partial charge in [0.1, 0.15) is 12.3 Å². The Labute approximate surface area is 212 Å². The minimum absolute atomic E-state index is 0.00845. The molecule has 2 aromatic carbocycles. The number of carbonyl (C=O) groups is 2. The van der Waals surface area contributed by atoms with E-state index >= 15 is 0 Å². The van der Waals surface area contributed by atoms with Gasteiger partial charge >= 0.3 is 0 Å². The minimum atomic E-state index is -0.294. The van der Waals surface area contributed by atoms with Crippen molar-refractivity contribution in [3.63, 3.8) is 0 Å². The summed E-state index contributed by atoms with van der Waals surface area (Å²) >= 11 is 0. The van der Waals surface area contributed by atoms with E-state index in [0.29, 0.717) is 24.8 Å². The number of hydrogen-bond acceptors (Lipinski definition) is 5. The summed E-state index contributed by atoms with van der Waals surface area (Å²) in [6, 6.07) is 15.6. The van der Waals surface area contributed by atoms with E-state index in [1.54, 1.807) is 19.1 Å². The van der Waals surface area contributed by atoms with Crippen molar-refractivity contribution in [1.29, 1.82) is 0 Å². The molecule has 1 fully saturated rings. The van der Waals surface area contributed by atoms with Gasteiger partial charge in [-0.2, -0.15) is 0 Å². The number of methoxy groups -OCH3 is 2. The minimum Gasteiger partial charge on any atom is -0.497 e.